The first-order valence-corrected chi connectivity index (χ1v) is 8.36. The van der Waals surface area contributed by atoms with Crippen molar-refractivity contribution in [2.24, 2.45) is 7.05 Å². The summed E-state index contributed by atoms with van der Waals surface area (Å²) in [4.78, 5) is 6.65. The van der Waals surface area contributed by atoms with Gasteiger partial charge in [-0.25, -0.2) is 0 Å². The number of hydrogen-bond acceptors (Lipinski definition) is 7. The smallest absolute Gasteiger partial charge is 0.240 e. The molecular weight excluding hydrogens is 308 g/mol. The summed E-state index contributed by atoms with van der Waals surface area (Å²) in [5.74, 6) is 2.11. The predicted octanol–water partition coefficient (Wildman–Crippen LogP) is 1.07. The minimum atomic E-state index is -0.800. The molecule has 1 aliphatic rings. The highest BCUT2D eigenvalue weighted by Gasteiger charge is 2.35. The van der Waals surface area contributed by atoms with Gasteiger partial charge in [0.25, 0.3) is 0 Å². The summed E-state index contributed by atoms with van der Waals surface area (Å²) in [6.45, 7) is 8.21. The minimum Gasteiger partial charge on any atom is -0.388 e. The summed E-state index contributed by atoms with van der Waals surface area (Å²) >= 11 is 0. The highest BCUT2D eigenvalue weighted by Crippen LogP contribution is 2.26. The van der Waals surface area contributed by atoms with Crippen molar-refractivity contribution in [3.63, 3.8) is 0 Å². The summed E-state index contributed by atoms with van der Waals surface area (Å²) in [6.07, 6.45) is 3.84. The summed E-state index contributed by atoms with van der Waals surface area (Å²) < 4.78 is 7.23. The van der Waals surface area contributed by atoms with Gasteiger partial charge in [0.2, 0.25) is 5.89 Å². The van der Waals surface area contributed by atoms with E-state index in [1.165, 1.54) is 0 Å². The van der Waals surface area contributed by atoms with E-state index in [-0.39, 0.29) is 5.41 Å². The molecule has 8 nitrogen and oxygen atoms in total. The molecule has 0 aromatic carbocycles. The Morgan fingerprint density at radius 3 is 2.79 bits per heavy atom. The van der Waals surface area contributed by atoms with Crippen LogP contribution in [0.3, 0.4) is 0 Å². The Balaban J connectivity index is 1.65. The van der Waals surface area contributed by atoms with Crippen LogP contribution in [0.25, 0.3) is 0 Å². The van der Waals surface area contributed by atoms with Gasteiger partial charge in [-0.2, -0.15) is 4.98 Å². The molecule has 1 N–H and O–H groups in total. The van der Waals surface area contributed by atoms with Gasteiger partial charge in [0.1, 0.15) is 12.2 Å². The second-order valence-electron chi connectivity index (χ2n) is 7.84. The second kappa shape index (κ2) is 6.25. The van der Waals surface area contributed by atoms with Crippen LogP contribution in [0.5, 0.6) is 0 Å². The van der Waals surface area contributed by atoms with Crippen molar-refractivity contribution in [2.45, 2.75) is 57.6 Å². The topological polar surface area (TPSA) is 93.1 Å². The number of nitrogens with zero attached hydrogens (tertiary/aromatic N) is 6. The zero-order valence-electron chi connectivity index (χ0n) is 14.9. The fourth-order valence-corrected chi connectivity index (χ4v) is 3.06. The Hall–Kier alpha value is -1.80. The maximum Gasteiger partial charge on any atom is 0.240 e. The van der Waals surface area contributed by atoms with E-state index in [1.807, 2.05) is 11.6 Å². The van der Waals surface area contributed by atoms with E-state index in [0.717, 1.165) is 25.2 Å². The van der Waals surface area contributed by atoms with Crippen LogP contribution in [0.1, 0.15) is 51.2 Å². The van der Waals surface area contributed by atoms with Crippen molar-refractivity contribution >= 4 is 0 Å². The van der Waals surface area contributed by atoms with Crippen molar-refractivity contribution < 1.29 is 9.63 Å². The minimum absolute atomic E-state index is 0.129. The van der Waals surface area contributed by atoms with Gasteiger partial charge in [-0.05, 0) is 19.4 Å². The molecule has 2 aromatic heterocycles. The normalized spacial score (nSPS) is 22.9. The molecule has 0 spiro atoms. The lowest BCUT2D eigenvalue weighted by molar-refractivity contribution is -0.0367. The second-order valence-corrected chi connectivity index (χ2v) is 7.84. The van der Waals surface area contributed by atoms with Crippen molar-refractivity contribution in [2.75, 3.05) is 13.1 Å². The molecule has 3 heterocycles. The van der Waals surface area contributed by atoms with Crippen LogP contribution in [0.4, 0.5) is 0 Å². The van der Waals surface area contributed by atoms with Gasteiger partial charge in [-0.15, -0.1) is 10.2 Å². The van der Waals surface area contributed by atoms with Gasteiger partial charge >= 0.3 is 0 Å². The zero-order chi connectivity index (χ0) is 17.4. The van der Waals surface area contributed by atoms with Gasteiger partial charge in [-0.3, -0.25) is 4.90 Å². The number of rotatable bonds is 4. The molecule has 0 saturated carbocycles. The van der Waals surface area contributed by atoms with E-state index in [1.54, 1.807) is 6.33 Å². The molecular formula is C16H26N6O2. The first-order valence-electron chi connectivity index (χ1n) is 8.36. The molecule has 1 atom stereocenters. The maximum atomic E-state index is 11.0. The number of aromatic nitrogens is 5. The largest absolute Gasteiger partial charge is 0.388 e. The number of hydrogen-bond donors (Lipinski definition) is 1. The van der Waals surface area contributed by atoms with Crippen molar-refractivity contribution in [1.29, 1.82) is 0 Å². The fourth-order valence-electron chi connectivity index (χ4n) is 3.06. The molecule has 2 aromatic rings. The monoisotopic (exact) mass is 334 g/mol. The molecule has 1 aliphatic heterocycles. The molecule has 3 rings (SSSR count). The first kappa shape index (κ1) is 17.0. The Kier molecular flexibility index (Phi) is 4.44. The molecule has 24 heavy (non-hydrogen) atoms. The average molecular weight is 334 g/mol. The van der Waals surface area contributed by atoms with E-state index >= 15 is 0 Å². The van der Waals surface area contributed by atoms with Crippen LogP contribution in [0, 0.1) is 0 Å². The van der Waals surface area contributed by atoms with Crippen molar-refractivity contribution in [3.05, 3.63) is 23.9 Å². The van der Waals surface area contributed by atoms with Crippen LogP contribution in [0.2, 0.25) is 0 Å². The lowest BCUT2D eigenvalue weighted by atomic mass is 9.89. The number of aliphatic hydroxyl groups is 1. The summed E-state index contributed by atoms with van der Waals surface area (Å²) in [7, 11) is 1.89. The van der Waals surface area contributed by atoms with Crippen LogP contribution in [-0.4, -0.2) is 53.6 Å². The Bertz CT molecular complexity index is 689. The number of β-amino-alcohol motifs (C(OH)–C–C–N with tert-alkyl or cyclic N) is 1. The molecule has 132 valence electrons. The van der Waals surface area contributed by atoms with E-state index in [9.17, 15) is 5.11 Å². The lowest BCUT2D eigenvalue weighted by Gasteiger charge is -2.38. The summed E-state index contributed by atoms with van der Waals surface area (Å²) in [5, 5.41) is 23.0. The molecule has 8 heteroatoms. The highest BCUT2D eigenvalue weighted by atomic mass is 16.5. The van der Waals surface area contributed by atoms with Crippen LogP contribution in [0.15, 0.2) is 10.9 Å². The first-order chi connectivity index (χ1) is 11.3. The SMILES string of the molecule is Cn1cnnc1CC1(O)CCCN(Cc2nc(C(C)(C)C)no2)C1. The summed E-state index contributed by atoms with van der Waals surface area (Å²) in [5.41, 5.74) is -0.929. The van der Waals surface area contributed by atoms with Gasteiger partial charge in [0.05, 0.1) is 12.1 Å². The van der Waals surface area contributed by atoms with Gasteiger partial charge in [0.15, 0.2) is 5.82 Å². The fraction of sp³-hybridized carbons (Fsp3) is 0.750. The average Bonchev–Trinajstić information content (AvgIpc) is 3.08. The van der Waals surface area contributed by atoms with Crippen LogP contribution < -0.4 is 0 Å². The van der Waals surface area contributed by atoms with E-state index in [0.29, 0.717) is 31.2 Å². The van der Waals surface area contributed by atoms with Crippen LogP contribution >= 0.6 is 0 Å². The van der Waals surface area contributed by atoms with E-state index in [2.05, 4.69) is 46.0 Å². The number of likely N-dealkylation sites (tertiary alicyclic amines) is 1. The Morgan fingerprint density at radius 1 is 1.38 bits per heavy atom. The van der Waals surface area contributed by atoms with E-state index in [4.69, 9.17) is 4.52 Å². The molecule has 0 bridgehead atoms. The molecule has 0 amide bonds. The third-order valence-electron chi connectivity index (χ3n) is 4.42. The number of piperidine rings is 1. The van der Waals surface area contributed by atoms with Gasteiger partial charge in [-0.1, -0.05) is 25.9 Å². The molecule has 1 saturated heterocycles. The quantitative estimate of drug-likeness (QED) is 0.893. The Morgan fingerprint density at radius 2 is 2.17 bits per heavy atom. The van der Waals surface area contributed by atoms with Gasteiger partial charge < -0.3 is 14.2 Å². The Labute approximate surface area is 141 Å². The molecule has 0 radical (unpaired) electrons. The van der Waals surface area contributed by atoms with E-state index < -0.39 is 5.60 Å². The lowest BCUT2D eigenvalue weighted by Crippen LogP contribution is -2.49. The summed E-state index contributed by atoms with van der Waals surface area (Å²) in [6, 6.07) is 0. The molecule has 0 aliphatic carbocycles. The van der Waals surface area contributed by atoms with Crippen molar-refractivity contribution in [1.82, 2.24) is 29.8 Å². The van der Waals surface area contributed by atoms with Crippen LogP contribution in [-0.2, 0) is 25.4 Å². The number of aryl methyl sites for hydroxylation is 1. The van der Waals surface area contributed by atoms with Crippen molar-refractivity contribution in [3.8, 4) is 0 Å². The standard InChI is InChI=1S/C16H26N6O2/c1-15(2,3)14-18-13(24-20-14)9-22-7-5-6-16(23,10-22)8-12-19-17-11-21(12)4/h11,23H,5-10H2,1-4H3. The third kappa shape index (κ3) is 3.81. The predicted molar refractivity (Wildman–Crippen MR) is 87.2 cm³/mol. The third-order valence-corrected chi connectivity index (χ3v) is 4.42. The highest BCUT2D eigenvalue weighted by molar-refractivity contribution is 5.01. The maximum absolute atomic E-state index is 11.0. The molecule has 1 unspecified atom stereocenters. The molecule has 1 fully saturated rings. The van der Waals surface area contributed by atoms with Gasteiger partial charge in [0, 0.05) is 25.4 Å². The zero-order valence-corrected chi connectivity index (χ0v) is 14.9.